The average Bonchev–Trinajstić information content (AvgIpc) is 2.72. The van der Waals surface area contributed by atoms with Crippen molar-refractivity contribution in [2.24, 2.45) is 0 Å². The van der Waals surface area contributed by atoms with E-state index in [2.05, 4.69) is 36.0 Å². The van der Waals surface area contributed by atoms with Gasteiger partial charge < -0.3 is 4.90 Å². The Morgan fingerprint density at radius 1 is 1.41 bits per heavy atom. The molecule has 0 bridgehead atoms. The lowest BCUT2D eigenvalue weighted by molar-refractivity contribution is 0.592. The SMILES string of the molecule is O=c1[nH]nc2cc(N3CCC(Br)CC3)ncn12. The van der Waals surface area contributed by atoms with Crippen molar-refractivity contribution in [2.45, 2.75) is 17.7 Å². The van der Waals surface area contributed by atoms with Gasteiger partial charge in [-0.15, -0.1) is 0 Å². The highest BCUT2D eigenvalue weighted by molar-refractivity contribution is 9.09. The number of H-pyrrole nitrogens is 1. The van der Waals surface area contributed by atoms with Gasteiger partial charge in [-0.1, -0.05) is 15.9 Å². The number of nitrogens with one attached hydrogen (secondary N) is 1. The van der Waals surface area contributed by atoms with Gasteiger partial charge in [-0.2, -0.15) is 5.10 Å². The monoisotopic (exact) mass is 297 g/mol. The van der Waals surface area contributed by atoms with Crippen molar-refractivity contribution in [1.82, 2.24) is 19.6 Å². The minimum Gasteiger partial charge on any atom is -0.356 e. The maximum Gasteiger partial charge on any atom is 0.348 e. The molecule has 3 heterocycles. The van der Waals surface area contributed by atoms with Crippen LogP contribution in [0.2, 0.25) is 0 Å². The molecule has 1 fully saturated rings. The Bertz CT molecular complexity index is 584. The summed E-state index contributed by atoms with van der Waals surface area (Å²) in [6.07, 6.45) is 3.75. The van der Waals surface area contributed by atoms with Crippen LogP contribution in [-0.4, -0.2) is 37.5 Å². The lowest BCUT2D eigenvalue weighted by atomic mass is 10.1. The number of alkyl halides is 1. The minimum absolute atomic E-state index is 0.252. The van der Waals surface area contributed by atoms with Crippen molar-refractivity contribution in [1.29, 1.82) is 0 Å². The van der Waals surface area contributed by atoms with E-state index >= 15 is 0 Å². The van der Waals surface area contributed by atoms with Gasteiger partial charge in [-0.3, -0.25) is 0 Å². The summed E-state index contributed by atoms with van der Waals surface area (Å²) in [6, 6.07) is 1.84. The van der Waals surface area contributed by atoms with Crippen LogP contribution in [-0.2, 0) is 0 Å². The third-order valence-corrected chi connectivity index (χ3v) is 3.96. The summed E-state index contributed by atoms with van der Waals surface area (Å²) in [7, 11) is 0. The highest BCUT2D eigenvalue weighted by Gasteiger charge is 2.18. The molecule has 3 rings (SSSR count). The van der Waals surface area contributed by atoms with Crippen LogP contribution < -0.4 is 10.6 Å². The number of aromatic nitrogens is 4. The van der Waals surface area contributed by atoms with E-state index < -0.39 is 0 Å². The fraction of sp³-hybridized carbons (Fsp3) is 0.500. The number of anilines is 1. The zero-order chi connectivity index (χ0) is 11.8. The molecule has 2 aromatic rings. The normalized spacial score (nSPS) is 17.8. The molecular weight excluding hydrogens is 286 g/mol. The van der Waals surface area contributed by atoms with Crippen molar-refractivity contribution < 1.29 is 0 Å². The molecule has 0 amide bonds. The first-order valence-electron chi connectivity index (χ1n) is 5.56. The second kappa shape index (κ2) is 4.14. The predicted octanol–water partition coefficient (Wildman–Crippen LogP) is 0.781. The van der Waals surface area contributed by atoms with Gasteiger partial charge in [0.1, 0.15) is 12.1 Å². The number of nitrogens with zero attached hydrogens (tertiary/aromatic N) is 4. The van der Waals surface area contributed by atoms with E-state index in [0.29, 0.717) is 10.5 Å². The summed E-state index contributed by atoms with van der Waals surface area (Å²) in [5.74, 6) is 0.885. The van der Waals surface area contributed by atoms with Crippen LogP contribution in [0, 0.1) is 0 Å². The van der Waals surface area contributed by atoms with Gasteiger partial charge in [0.25, 0.3) is 0 Å². The molecule has 0 atom stereocenters. The molecule has 1 saturated heterocycles. The van der Waals surface area contributed by atoms with Crippen LogP contribution in [0.3, 0.4) is 0 Å². The molecule has 17 heavy (non-hydrogen) atoms. The van der Waals surface area contributed by atoms with Gasteiger partial charge in [-0.05, 0) is 12.8 Å². The van der Waals surface area contributed by atoms with Crippen LogP contribution >= 0.6 is 15.9 Å². The molecule has 1 N–H and O–H groups in total. The van der Waals surface area contributed by atoms with E-state index in [0.717, 1.165) is 31.7 Å². The molecule has 0 aliphatic carbocycles. The molecule has 0 unspecified atom stereocenters. The minimum atomic E-state index is -0.252. The topological polar surface area (TPSA) is 66.3 Å². The van der Waals surface area contributed by atoms with Gasteiger partial charge in [0.15, 0.2) is 5.65 Å². The second-order valence-corrected chi connectivity index (χ2v) is 5.46. The number of hydrogen-bond acceptors (Lipinski definition) is 4. The zero-order valence-electron chi connectivity index (χ0n) is 9.14. The van der Waals surface area contributed by atoms with Crippen molar-refractivity contribution in [3.63, 3.8) is 0 Å². The number of rotatable bonds is 1. The molecular formula is C10H12BrN5O. The van der Waals surface area contributed by atoms with E-state index in [1.54, 1.807) is 0 Å². The standard InChI is InChI=1S/C10H12BrN5O/c11-7-1-3-15(4-2-7)8-5-9-13-14-10(17)16(9)6-12-8/h5-7H,1-4H2,(H,14,17). The first-order valence-corrected chi connectivity index (χ1v) is 6.47. The lowest BCUT2D eigenvalue weighted by Gasteiger charge is -2.30. The van der Waals surface area contributed by atoms with Gasteiger partial charge in [0.05, 0.1) is 0 Å². The molecule has 1 aliphatic heterocycles. The number of halogens is 1. The fourth-order valence-electron chi connectivity index (χ4n) is 2.05. The lowest BCUT2D eigenvalue weighted by Crippen LogP contribution is -2.34. The van der Waals surface area contributed by atoms with Crippen molar-refractivity contribution >= 4 is 27.4 Å². The predicted molar refractivity (Wildman–Crippen MR) is 67.8 cm³/mol. The van der Waals surface area contributed by atoms with Gasteiger partial charge in [-0.25, -0.2) is 19.3 Å². The van der Waals surface area contributed by atoms with Gasteiger partial charge in [0, 0.05) is 24.0 Å². The summed E-state index contributed by atoms with van der Waals surface area (Å²) in [4.78, 5) is 18.4. The molecule has 2 aromatic heterocycles. The van der Waals surface area contributed by atoms with E-state index in [-0.39, 0.29) is 5.69 Å². The molecule has 0 radical (unpaired) electrons. The molecule has 7 heteroatoms. The Balaban J connectivity index is 1.93. The van der Waals surface area contributed by atoms with Crippen LogP contribution in [0.4, 0.5) is 5.82 Å². The fourth-order valence-corrected chi connectivity index (χ4v) is 2.46. The summed E-state index contributed by atoms with van der Waals surface area (Å²) >= 11 is 3.62. The summed E-state index contributed by atoms with van der Waals surface area (Å²) < 4.78 is 1.40. The van der Waals surface area contributed by atoms with Crippen molar-refractivity contribution in [2.75, 3.05) is 18.0 Å². The van der Waals surface area contributed by atoms with Crippen molar-refractivity contribution in [3.05, 3.63) is 22.9 Å². The first kappa shape index (κ1) is 10.8. The highest BCUT2D eigenvalue weighted by atomic mass is 79.9. The van der Waals surface area contributed by atoms with Gasteiger partial charge in [0.2, 0.25) is 0 Å². The molecule has 0 saturated carbocycles. The van der Waals surface area contributed by atoms with Crippen LogP contribution in [0.1, 0.15) is 12.8 Å². The Morgan fingerprint density at radius 2 is 2.18 bits per heavy atom. The number of fused-ring (bicyclic) bond motifs is 1. The smallest absolute Gasteiger partial charge is 0.348 e. The number of piperidine rings is 1. The quantitative estimate of drug-likeness (QED) is 0.790. The highest BCUT2D eigenvalue weighted by Crippen LogP contribution is 2.21. The van der Waals surface area contributed by atoms with E-state index in [1.807, 2.05) is 6.07 Å². The molecule has 6 nitrogen and oxygen atoms in total. The zero-order valence-corrected chi connectivity index (χ0v) is 10.7. The Labute approximate surface area is 106 Å². The van der Waals surface area contributed by atoms with E-state index in [9.17, 15) is 4.79 Å². The third kappa shape index (κ3) is 1.95. The number of hydrogen-bond donors (Lipinski definition) is 1. The summed E-state index contributed by atoms with van der Waals surface area (Å²) in [5.41, 5.74) is 0.360. The van der Waals surface area contributed by atoms with E-state index in [4.69, 9.17) is 0 Å². The molecule has 0 spiro atoms. The van der Waals surface area contributed by atoms with E-state index in [1.165, 1.54) is 10.7 Å². The van der Waals surface area contributed by atoms with Gasteiger partial charge >= 0.3 is 5.69 Å². The molecule has 1 aliphatic rings. The Kier molecular flexibility index (Phi) is 2.62. The second-order valence-electron chi connectivity index (χ2n) is 4.17. The van der Waals surface area contributed by atoms with Crippen LogP contribution in [0.5, 0.6) is 0 Å². The molecule has 90 valence electrons. The summed E-state index contributed by atoms with van der Waals surface area (Å²) in [6.45, 7) is 1.96. The maximum atomic E-state index is 11.3. The Hall–Kier alpha value is -1.37. The molecule has 0 aromatic carbocycles. The van der Waals surface area contributed by atoms with Crippen LogP contribution in [0.25, 0.3) is 5.65 Å². The average molecular weight is 298 g/mol. The third-order valence-electron chi connectivity index (χ3n) is 3.04. The number of aromatic amines is 1. The largest absolute Gasteiger partial charge is 0.356 e. The van der Waals surface area contributed by atoms with Crippen molar-refractivity contribution in [3.8, 4) is 0 Å². The Morgan fingerprint density at radius 3 is 2.94 bits per heavy atom. The van der Waals surface area contributed by atoms with Crippen LogP contribution in [0.15, 0.2) is 17.2 Å². The summed E-state index contributed by atoms with van der Waals surface area (Å²) in [5, 5.41) is 6.34. The maximum absolute atomic E-state index is 11.3. The first-order chi connectivity index (χ1) is 8.24.